The van der Waals surface area contributed by atoms with E-state index in [1.807, 2.05) is 0 Å². The molecule has 0 fully saturated rings. The first-order chi connectivity index (χ1) is 12.0. The molecule has 1 unspecified atom stereocenters. The zero-order chi connectivity index (χ0) is 17.6. The lowest BCUT2D eigenvalue weighted by molar-refractivity contribution is -0.116. The Hall–Kier alpha value is -3.09. The summed E-state index contributed by atoms with van der Waals surface area (Å²) < 4.78 is 41.7. The van der Waals surface area contributed by atoms with Gasteiger partial charge in [-0.2, -0.15) is 5.10 Å². The van der Waals surface area contributed by atoms with E-state index in [1.54, 1.807) is 6.20 Å². The first-order valence-corrected chi connectivity index (χ1v) is 7.61. The molecular formula is C18H12F3N3O. The number of carbonyl (C=O) groups excluding carboxylic acids is 1. The van der Waals surface area contributed by atoms with Crippen LogP contribution < -0.4 is 5.32 Å². The summed E-state index contributed by atoms with van der Waals surface area (Å²) in [5.74, 6) is -2.17. The maximum absolute atomic E-state index is 13.6. The highest BCUT2D eigenvalue weighted by molar-refractivity contribution is 5.94. The smallest absolute Gasteiger partial charge is 0.226 e. The van der Waals surface area contributed by atoms with Gasteiger partial charge < -0.3 is 5.32 Å². The fourth-order valence-corrected chi connectivity index (χ4v) is 3.07. The van der Waals surface area contributed by atoms with Crippen LogP contribution >= 0.6 is 0 Å². The molecule has 3 aromatic rings. The minimum absolute atomic E-state index is 0.0605. The van der Waals surface area contributed by atoms with Crippen molar-refractivity contribution < 1.29 is 18.0 Å². The summed E-state index contributed by atoms with van der Waals surface area (Å²) in [6.07, 6.45) is 1.61. The van der Waals surface area contributed by atoms with Crippen LogP contribution in [0.25, 0.3) is 5.69 Å². The Morgan fingerprint density at radius 1 is 1.00 bits per heavy atom. The third-order valence-electron chi connectivity index (χ3n) is 4.18. The largest absolute Gasteiger partial charge is 0.310 e. The Morgan fingerprint density at radius 2 is 1.68 bits per heavy atom. The van der Waals surface area contributed by atoms with E-state index in [0.29, 0.717) is 22.6 Å². The molecule has 1 N–H and O–H groups in total. The van der Waals surface area contributed by atoms with Gasteiger partial charge in [-0.05, 0) is 42.0 Å². The van der Waals surface area contributed by atoms with Crippen molar-refractivity contribution in [1.82, 2.24) is 9.78 Å². The second kappa shape index (κ2) is 5.77. The number of nitrogens with zero attached hydrogens (tertiary/aromatic N) is 2. The second-order valence-corrected chi connectivity index (χ2v) is 5.84. The molecule has 1 atom stereocenters. The predicted octanol–water partition coefficient (Wildman–Crippen LogP) is 3.76. The van der Waals surface area contributed by atoms with Gasteiger partial charge in [-0.15, -0.1) is 0 Å². The Labute approximate surface area is 140 Å². The van der Waals surface area contributed by atoms with Crippen molar-refractivity contribution in [3.8, 4) is 5.69 Å². The number of anilines is 1. The first kappa shape index (κ1) is 15.4. The predicted molar refractivity (Wildman–Crippen MR) is 85.0 cm³/mol. The maximum atomic E-state index is 13.6. The summed E-state index contributed by atoms with van der Waals surface area (Å²) >= 11 is 0. The van der Waals surface area contributed by atoms with E-state index in [0.717, 1.165) is 6.07 Å². The van der Waals surface area contributed by atoms with Crippen LogP contribution in [0.3, 0.4) is 0 Å². The maximum Gasteiger partial charge on any atom is 0.226 e. The lowest BCUT2D eigenvalue weighted by atomic mass is 9.87. The molecule has 0 spiro atoms. The van der Waals surface area contributed by atoms with Gasteiger partial charge in [0.15, 0.2) is 0 Å². The van der Waals surface area contributed by atoms with Crippen molar-refractivity contribution in [2.24, 2.45) is 0 Å². The van der Waals surface area contributed by atoms with Crippen LogP contribution in [0.2, 0.25) is 0 Å². The Kier molecular flexibility index (Phi) is 3.56. The summed E-state index contributed by atoms with van der Waals surface area (Å²) in [5, 5.41) is 6.98. The highest BCUT2D eigenvalue weighted by atomic mass is 19.1. The topological polar surface area (TPSA) is 46.9 Å². The number of nitrogens with one attached hydrogen (secondary N) is 1. The van der Waals surface area contributed by atoms with Crippen LogP contribution in [-0.2, 0) is 4.79 Å². The number of benzene rings is 2. The van der Waals surface area contributed by atoms with Crippen molar-refractivity contribution in [3.05, 3.63) is 77.2 Å². The van der Waals surface area contributed by atoms with E-state index in [9.17, 15) is 18.0 Å². The molecule has 4 nitrogen and oxygen atoms in total. The van der Waals surface area contributed by atoms with Crippen LogP contribution in [0, 0.1) is 17.5 Å². The molecular weight excluding hydrogens is 331 g/mol. The van der Waals surface area contributed by atoms with Gasteiger partial charge in [0.2, 0.25) is 5.91 Å². The fraction of sp³-hybridized carbons (Fsp3) is 0.111. The number of hydrogen-bond donors (Lipinski definition) is 1. The first-order valence-electron chi connectivity index (χ1n) is 7.61. The third-order valence-corrected chi connectivity index (χ3v) is 4.18. The van der Waals surface area contributed by atoms with Crippen molar-refractivity contribution in [2.75, 3.05) is 5.32 Å². The number of rotatable bonds is 2. The van der Waals surface area contributed by atoms with Crippen LogP contribution in [-0.4, -0.2) is 15.7 Å². The zero-order valence-electron chi connectivity index (χ0n) is 12.8. The Balaban J connectivity index is 1.82. The van der Waals surface area contributed by atoms with E-state index in [2.05, 4.69) is 10.4 Å². The molecule has 0 aliphatic carbocycles. The lowest BCUT2D eigenvalue weighted by Crippen LogP contribution is -2.24. The number of fused-ring (bicyclic) bond motifs is 1. The molecule has 126 valence electrons. The highest BCUT2D eigenvalue weighted by Gasteiger charge is 2.30. The van der Waals surface area contributed by atoms with Crippen LogP contribution in [0.5, 0.6) is 0 Å². The zero-order valence-corrected chi connectivity index (χ0v) is 12.8. The van der Waals surface area contributed by atoms with Crippen molar-refractivity contribution in [1.29, 1.82) is 0 Å². The molecule has 1 aliphatic rings. The molecule has 1 aliphatic heterocycles. The number of amides is 1. The van der Waals surface area contributed by atoms with Crippen LogP contribution in [0.4, 0.5) is 19.0 Å². The molecule has 2 aromatic carbocycles. The highest BCUT2D eigenvalue weighted by Crippen LogP contribution is 2.38. The Bertz CT molecular complexity index is 946. The molecule has 1 amide bonds. The summed E-state index contributed by atoms with van der Waals surface area (Å²) in [7, 11) is 0. The lowest BCUT2D eigenvalue weighted by Gasteiger charge is -2.24. The van der Waals surface area contributed by atoms with Gasteiger partial charge in [-0.1, -0.05) is 0 Å². The minimum atomic E-state index is -0.701. The number of carbonyl (C=O) groups is 1. The van der Waals surface area contributed by atoms with E-state index in [-0.39, 0.29) is 18.1 Å². The number of hydrogen-bond acceptors (Lipinski definition) is 2. The summed E-state index contributed by atoms with van der Waals surface area (Å²) in [4.78, 5) is 12.1. The summed E-state index contributed by atoms with van der Waals surface area (Å²) in [6.45, 7) is 0. The second-order valence-electron chi connectivity index (χ2n) is 5.84. The molecule has 0 saturated carbocycles. The minimum Gasteiger partial charge on any atom is -0.310 e. The third kappa shape index (κ3) is 2.77. The van der Waals surface area contributed by atoms with E-state index < -0.39 is 17.6 Å². The molecule has 7 heteroatoms. The van der Waals surface area contributed by atoms with Crippen LogP contribution in [0.15, 0.2) is 48.7 Å². The van der Waals surface area contributed by atoms with E-state index in [1.165, 1.54) is 41.1 Å². The summed E-state index contributed by atoms with van der Waals surface area (Å²) in [6, 6.07) is 8.84. The van der Waals surface area contributed by atoms with Gasteiger partial charge in [0.05, 0.1) is 11.9 Å². The standard InChI is InChI=1S/C18H12F3N3O/c19-11-1-3-14(4-2-11)24-18-16(9-22-24)15(8-17(25)23-18)10-5-12(20)7-13(21)6-10/h1-7,9,15H,8H2,(H,23,25). The van der Waals surface area contributed by atoms with Crippen LogP contribution in [0.1, 0.15) is 23.5 Å². The van der Waals surface area contributed by atoms with E-state index >= 15 is 0 Å². The van der Waals surface area contributed by atoms with Gasteiger partial charge in [0, 0.05) is 24.0 Å². The van der Waals surface area contributed by atoms with Gasteiger partial charge in [0.1, 0.15) is 23.3 Å². The molecule has 25 heavy (non-hydrogen) atoms. The summed E-state index contributed by atoms with van der Waals surface area (Å²) in [5.41, 5.74) is 1.58. The van der Waals surface area contributed by atoms with Gasteiger partial charge in [-0.25, -0.2) is 17.9 Å². The van der Waals surface area contributed by atoms with E-state index in [4.69, 9.17) is 0 Å². The fourth-order valence-electron chi connectivity index (χ4n) is 3.07. The van der Waals surface area contributed by atoms with Gasteiger partial charge in [0.25, 0.3) is 0 Å². The van der Waals surface area contributed by atoms with Crippen molar-refractivity contribution in [2.45, 2.75) is 12.3 Å². The molecule has 4 rings (SSSR count). The molecule has 0 radical (unpaired) electrons. The normalized spacial score (nSPS) is 16.4. The molecule has 0 saturated heterocycles. The van der Waals surface area contributed by atoms with Gasteiger partial charge in [-0.3, -0.25) is 4.79 Å². The number of halogens is 3. The average Bonchev–Trinajstić information content (AvgIpc) is 2.97. The monoisotopic (exact) mass is 343 g/mol. The molecule has 2 heterocycles. The quantitative estimate of drug-likeness (QED) is 0.770. The van der Waals surface area contributed by atoms with Crippen molar-refractivity contribution in [3.63, 3.8) is 0 Å². The van der Waals surface area contributed by atoms with Crippen molar-refractivity contribution >= 4 is 11.7 Å². The molecule has 1 aromatic heterocycles. The SMILES string of the molecule is O=C1CC(c2cc(F)cc(F)c2)c2cnn(-c3ccc(F)cc3)c2N1. The molecule has 0 bridgehead atoms. The Morgan fingerprint density at radius 3 is 2.36 bits per heavy atom. The average molecular weight is 343 g/mol. The number of aromatic nitrogens is 2. The van der Waals surface area contributed by atoms with Gasteiger partial charge >= 0.3 is 0 Å².